The molecule has 0 saturated carbocycles. The molecule has 1 aliphatic rings. The third-order valence-corrected chi connectivity index (χ3v) is 7.18. The van der Waals surface area contributed by atoms with Gasteiger partial charge >= 0.3 is 0 Å². The summed E-state index contributed by atoms with van der Waals surface area (Å²) in [6.45, 7) is 1.09. The van der Waals surface area contributed by atoms with Crippen molar-refractivity contribution in [3.05, 3.63) is 144 Å². The second-order valence-corrected chi connectivity index (χ2v) is 10.3. The molecule has 0 bridgehead atoms. The fourth-order valence-electron chi connectivity index (χ4n) is 4.98. The molecule has 1 heterocycles. The molecule has 0 spiro atoms. The van der Waals surface area contributed by atoms with Crippen molar-refractivity contribution >= 4 is 0 Å². The molecule has 0 amide bonds. The third-order valence-electron chi connectivity index (χ3n) is 7.18. The van der Waals surface area contributed by atoms with E-state index in [0.717, 1.165) is 22.3 Å². The minimum absolute atomic E-state index is 0.0155. The highest BCUT2D eigenvalue weighted by molar-refractivity contribution is 5.16. The summed E-state index contributed by atoms with van der Waals surface area (Å²) in [4.78, 5) is 0. The first-order valence-electron chi connectivity index (χ1n) is 14.3. The molecule has 1 fully saturated rings. The number of hydrogen-bond acceptors (Lipinski definition) is 7. The Morgan fingerprint density at radius 2 is 0.905 bits per heavy atom. The first-order valence-corrected chi connectivity index (χ1v) is 14.3. The van der Waals surface area contributed by atoms with Crippen molar-refractivity contribution in [3.63, 3.8) is 0 Å². The molecule has 1 saturated heterocycles. The molecule has 7 heteroatoms. The lowest BCUT2D eigenvalue weighted by atomic mass is 9.94. The first kappa shape index (κ1) is 30.1. The van der Waals surface area contributed by atoms with E-state index in [1.807, 2.05) is 121 Å². The molecule has 7 nitrogen and oxygen atoms in total. The summed E-state index contributed by atoms with van der Waals surface area (Å²) in [6.07, 6.45) is -5.79. The standard InChI is InChI=1S/C35H38O7/c36-30(25-38-21-26-13-5-1-6-14-26)31-32(39-22-27-15-7-2-8-16-27)33(40-23-28-17-9-3-10-18-28)34(35(37)42-31)41-24-29-19-11-4-12-20-29/h1-20,30-37H,21-25H2/t30-,31+,32-,33-,34-,35-/m1/s1. The molecule has 42 heavy (non-hydrogen) atoms. The summed E-state index contributed by atoms with van der Waals surface area (Å²) >= 11 is 0. The predicted octanol–water partition coefficient (Wildman–Crippen LogP) is 5.04. The Bertz CT molecular complexity index is 1290. The minimum Gasteiger partial charge on any atom is -0.388 e. The third kappa shape index (κ3) is 8.56. The van der Waals surface area contributed by atoms with E-state index in [0.29, 0.717) is 6.61 Å². The summed E-state index contributed by atoms with van der Waals surface area (Å²) < 4.78 is 31.0. The van der Waals surface area contributed by atoms with Gasteiger partial charge < -0.3 is 33.9 Å². The molecular formula is C35H38O7. The van der Waals surface area contributed by atoms with Gasteiger partial charge in [0.05, 0.1) is 33.0 Å². The fraction of sp³-hybridized carbons (Fsp3) is 0.314. The van der Waals surface area contributed by atoms with Crippen LogP contribution in [0.25, 0.3) is 0 Å². The Morgan fingerprint density at radius 1 is 0.524 bits per heavy atom. The number of aliphatic hydroxyl groups is 2. The van der Waals surface area contributed by atoms with Gasteiger partial charge in [0.1, 0.15) is 30.5 Å². The van der Waals surface area contributed by atoms with Crippen molar-refractivity contribution in [1.29, 1.82) is 0 Å². The van der Waals surface area contributed by atoms with Crippen molar-refractivity contribution in [2.75, 3.05) is 6.61 Å². The zero-order valence-electron chi connectivity index (χ0n) is 23.5. The number of hydrogen-bond donors (Lipinski definition) is 2. The van der Waals surface area contributed by atoms with Crippen LogP contribution in [0.5, 0.6) is 0 Å². The average Bonchev–Trinajstić information content (AvgIpc) is 3.04. The summed E-state index contributed by atoms with van der Waals surface area (Å²) in [7, 11) is 0. The van der Waals surface area contributed by atoms with E-state index in [-0.39, 0.29) is 26.4 Å². The molecule has 1 aliphatic heterocycles. The van der Waals surface area contributed by atoms with E-state index in [9.17, 15) is 10.2 Å². The van der Waals surface area contributed by atoms with Gasteiger partial charge in [-0.3, -0.25) is 0 Å². The normalized spacial score (nSPS) is 23.0. The number of aliphatic hydroxyl groups excluding tert-OH is 2. The molecule has 0 radical (unpaired) electrons. The molecule has 220 valence electrons. The van der Waals surface area contributed by atoms with Crippen LogP contribution in [0.2, 0.25) is 0 Å². The van der Waals surface area contributed by atoms with Crippen LogP contribution in [0, 0.1) is 0 Å². The summed E-state index contributed by atoms with van der Waals surface area (Å²) in [5.74, 6) is 0. The Labute approximate surface area is 247 Å². The van der Waals surface area contributed by atoms with Crippen molar-refractivity contribution in [2.45, 2.75) is 63.2 Å². The van der Waals surface area contributed by atoms with Crippen LogP contribution in [0.1, 0.15) is 22.3 Å². The second kappa shape index (κ2) is 15.7. The number of rotatable bonds is 14. The lowest BCUT2D eigenvalue weighted by molar-refractivity contribution is -0.325. The van der Waals surface area contributed by atoms with Crippen LogP contribution in [-0.2, 0) is 50.1 Å². The lowest BCUT2D eigenvalue weighted by Crippen LogP contribution is -2.63. The van der Waals surface area contributed by atoms with Crippen LogP contribution in [0.15, 0.2) is 121 Å². The van der Waals surface area contributed by atoms with E-state index in [4.69, 9.17) is 23.7 Å². The summed E-state index contributed by atoms with van der Waals surface area (Å²) in [6, 6.07) is 39.0. The maximum atomic E-state index is 11.3. The van der Waals surface area contributed by atoms with Crippen molar-refractivity contribution in [1.82, 2.24) is 0 Å². The lowest BCUT2D eigenvalue weighted by Gasteiger charge is -2.45. The molecule has 0 unspecified atom stereocenters. The Hall–Kier alpha value is -3.40. The monoisotopic (exact) mass is 570 g/mol. The zero-order chi connectivity index (χ0) is 29.0. The Kier molecular flexibility index (Phi) is 11.3. The van der Waals surface area contributed by atoms with Gasteiger partial charge in [-0.15, -0.1) is 0 Å². The van der Waals surface area contributed by atoms with Crippen molar-refractivity contribution in [3.8, 4) is 0 Å². The quantitative estimate of drug-likeness (QED) is 0.220. The molecular weight excluding hydrogens is 532 g/mol. The summed E-state index contributed by atoms with van der Waals surface area (Å²) in [5, 5.41) is 22.5. The highest BCUT2D eigenvalue weighted by atomic mass is 16.7. The van der Waals surface area contributed by atoms with E-state index in [1.165, 1.54) is 0 Å². The van der Waals surface area contributed by atoms with E-state index in [1.54, 1.807) is 0 Å². The maximum Gasteiger partial charge on any atom is 0.184 e. The predicted molar refractivity (Wildman–Crippen MR) is 158 cm³/mol. The van der Waals surface area contributed by atoms with Gasteiger partial charge in [0.2, 0.25) is 0 Å². The van der Waals surface area contributed by atoms with Crippen molar-refractivity contribution < 1.29 is 33.9 Å². The Balaban J connectivity index is 1.36. The highest BCUT2D eigenvalue weighted by Gasteiger charge is 2.50. The highest BCUT2D eigenvalue weighted by Crippen LogP contribution is 2.31. The van der Waals surface area contributed by atoms with Crippen LogP contribution in [0.4, 0.5) is 0 Å². The van der Waals surface area contributed by atoms with E-state index < -0.39 is 36.8 Å². The fourth-order valence-corrected chi connectivity index (χ4v) is 4.98. The van der Waals surface area contributed by atoms with Crippen LogP contribution < -0.4 is 0 Å². The van der Waals surface area contributed by atoms with Gasteiger partial charge in [0.15, 0.2) is 6.29 Å². The van der Waals surface area contributed by atoms with Crippen molar-refractivity contribution in [2.24, 2.45) is 0 Å². The van der Waals surface area contributed by atoms with E-state index in [2.05, 4.69) is 0 Å². The number of ether oxygens (including phenoxy) is 5. The van der Waals surface area contributed by atoms with Gasteiger partial charge in [-0.05, 0) is 22.3 Å². The molecule has 0 aliphatic carbocycles. The largest absolute Gasteiger partial charge is 0.388 e. The zero-order valence-corrected chi connectivity index (χ0v) is 23.5. The minimum atomic E-state index is -1.36. The molecule has 2 N–H and O–H groups in total. The SMILES string of the molecule is O[C@H](COCc1ccccc1)[C@@H]1O[C@@H](O)[C@H](OCc2ccccc2)[C@H](OCc2ccccc2)[C@@H]1OCc1ccccc1. The summed E-state index contributed by atoms with van der Waals surface area (Å²) in [5.41, 5.74) is 3.86. The van der Waals surface area contributed by atoms with Gasteiger partial charge in [0, 0.05) is 0 Å². The van der Waals surface area contributed by atoms with E-state index >= 15 is 0 Å². The molecule has 6 atom stereocenters. The van der Waals surface area contributed by atoms with Gasteiger partial charge in [-0.2, -0.15) is 0 Å². The maximum absolute atomic E-state index is 11.3. The smallest absolute Gasteiger partial charge is 0.184 e. The topological polar surface area (TPSA) is 86.6 Å². The molecule has 5 rings (SSSR count). The first-order chi connectivity index (χ1) is 20.7. The van der Waals surface area contributed by atoms with Crippen LogP contribution in [-0.4, -0.2) is 53.6 Å². The number of benzene rings is 4. The van der Waals surface area contributed by atoms with Gasteiger partial charge in [-0.25, -0.2) is 0 Å². The molecule has 0 aromatic heterocycles. The second-order valence-electron chi connectivity index (χ2n) is 10.3. The van der Waals surface area contributed by atoms with Crippen LogP contribution >= 0.6 is 0 Å². The van der Waals surface area contributed by atoms with Crippen LogP contribution in [0.3, 0.4) is 0 Å². The molecule has 4 aromatic rings. The van der Waals surface area contributed by atoms with Gasteiger partial charge in [0.25, 0.3) is 0 Å². The Morgan fingerprint density at radius 3 is 1.36 bits per heavy atom. The molecule has 4 aromatic carbocycles. The van der Waals surface area contributed by atoms with Gasteiger partial charge in [-0.1, -0.05) is 121 Å². The average molecular weight is 571 g/mol.